The molecule has 1 fully saturated rings. The number of aliphatic hydroxyl groups excluding tert-OH is 1. The smallest absolute Gasteiger partial charge is 0.317 e. The zero-order chi connectivity index (χ0) is 20.0. The number of piperidine rings is 1. The quantitative estimate of drug-likeness (QED) is 0.851. The van der Waals surface area contributed by atoms with Crippen LogP contribution in [0.3, 0.4) is 0 Å². The van der Waals surface area contributed by atoms with Crippen LogP contribution >= 0.6 is 0 Å². The topological polar surface area (TPSA) is 60.7 Å². The number of rotatable bonds is 4. The first-order chi connectivity index (χ1) is 13.5. The number of urea groups is 1. The molecule has 1 aliphatic heterocycles. The van der Waals surface area contributed by atoms with Gasteiger partial charge in [0.1, 0.15) is 0 Å². The number of hydrogen-bond acceptors (Lipinski definition) is 3. The van der Waals surface area contributed by atoms with E-state index in [4.69, 9.17) is 0 Å². The van der Waals surface area contributed by atoms with Gasteiger partial charge in [-0.25, -0.2) is 4.79 Å². The number of benzene rings is 1. The minimum atomic E-state index is 0.0406. The summed E-state index contributed by atoms with van der Waals surface area (Å²) in [5, 5.41) is 14.5. The van der Waals surface area contributed by atoms with Gasteiger partial charge in [-0.15, -0.1) is 0 Å². The molecule has 0 saturated carbocycles. The predicted octanol–water partition coefficient (Wildman–Crippen LogP) is 2.43. The maximum absolute atomic E-state index is 12.6. The van der Waals surface area contributed by atoms with Crippen molar-refractivity contribution in [3.05, 3.63) is 35.0 Å². The third-order valence-corrected chi connectivity index (χ3v) is 6.91. The Morgan fingerprint density at radius 1 is 1.29 bits per heavy atom. The van der Waals surface area contributed by atoms with E-state index >= 15 is 0 Å². The Balaban J connectivity index is 1.68. The molecule has 152 valence electrons. The summed E-state index contributed by atoms with van der Waals surface area (Å²) >= 11 is 0. The molecule has 1 unspecified atom stereocenters. The van der Waals surface area contributed by atoms with E-state index in [1.807, 2.05) is 25.8 Å². The molecular formula is C22H32N4O2. The van der Waals surface area contributed by atoms with Crippen molar-refractivity contribution in [3.63, 3.8) is 0 Å². The summed E-state index contributed by atoms with van der Waals surface area (Å²) in [7, 11) is 4.22. The number of aliphatic hydroxyl groups is 1. The molecule has 1 aromatic heterocycles. The minimum Gasteiger partial charge on any atom is -0.390 e. The second-order valence-electron chi connectivity index (χ2n) is 8.26. The minimum absolute atomic E-state index is 0.0406. The van der Waals surface area contributed by atoms with Gasteiger partial charge in [-0.3, -0.25) is 0 Å². The largest absolute Gasteiger partial charge is 0.390 e. The number of carbonyl (C=O) groups is 1. The molecule has 2 heterocycles. The molecule has 4 rings (SSSR count). The van der Waals surface area contributed by atoms with E-state index in [1.165, 1.54) is 22.0 Å². The van der Waals surface area contributed by atoms with E-state index in [0.717, 1.165) is 38.2 Å². The second kappa shape index (κ2) is 7.41. The van der Waals surface area contributed by atoms with Crippen molar-refractivity contribution in [2.45, 2.75) is 51.3 Å². The van der Waals surface area contributed by atoms with Crippen LogP contribution in [-0.4, -0.2) is 64.3 Å². The SMILES string of the molecule is CCN(CC)C(=O)N[C@H]1CC2c3cccc4c3c(c(CO)n4C)C[C@H]2N(C)C1. The fourth-order valence-electron chi connectivity index (χ4n) is 5.44. The highest BCUT2D eigenvalue weighted by Gasteiger charge is 2.41. The lowest BCUT2D eigenvalue weighted by Gasteiger charge is -2.46. The maximum atomic E-state index is 12.6. The van der Waals surface area contributed by atoms with Gasteiger partial charge in [0.25, 0.3) is 0 Å². The number of nitrogens with zero attached hydrogens (tertiary/aromatic N) is 3. The van der Waals surface area contributed by atoms with Gasteiger partial charge in [0.15, 0.2) is 0 Å². The molecule has 1 aliphatic carbocycles. The van der Waals surface area contributed by atoms with E-state index in [2.05, 4.69) is 40.0 Å². The van der Waals surface area contributed by atoms with E-state index in [9.17, 15) is 9.90 Å². The molecule has 6 heteroatoms. The van der Waals surface area contributed by atoms with Gasteiger partial charge in [-0.05, 0) is 50.9 Å². The van der Waals surface area contributed by atoms with Crippen LogP contribution in [-0.2, 0) is 20.1 Å². The first kappa shape index (κ1) is 19.3. The molecule has 2 N–H and O–H groups in total. The predicted molar refractivity (Wildman–Crippen MR) is 112 cm³/mol. The number of hydrogen-bond donors (Lipinski definition) is 2. The van der Waals surface area contributed by atoms with Crippen molar-refractivity contribution in [2.75, 3.05) is 26.7 Å². The zero-order valence-electron chi connectivity index (χ0n) is 17.4. The first-order valence-electron chi connectivity index (χ1n) is 10.5. The van der Waals surface area contributed by atoms with E-state index < -0.39 is 0 Å². The lowest BCUT2D eigenvalue weighted by Crippen LogP contribution is -2.56. The highest BCUT2D eigenvalue weighted by molar-refractivity contribution is 5.90. The zero-order valence-corrected chi connectivity index (χ0v) is 17.4. The molecule has 6 nitrogen and oxygen atoms in total. The Morgan fingerprint density at radius 2 is 2.04 bits per heavy atom. The summed E-state index contributed by atoms with van der Waals surface area (Å²) in [5.41, 5.74) is 4.90. The summed E-state index contributed by atoms with van der Waals surface area (Å²) in [6.07, 6.45) is 1.92. The van der Waals surface area contributed by atoms with Crippen LogP contribution in [0.15, 0.2) is 18.2 Å². The Morgan fingerprint density at radius 3 is 2.71 bits per heavy atom. The molecule has 1 saturated heterocycles. The average Bonchev–Trinajstić information content (AvgIpc) is 2.96. The van der Waals surface area contributed by atoms with Gasteiger partial charge in [0, 0.05) is 61.3 Å². The summed E-state index contributed by atoms with van der Waals surface area (Å²) in [5.74, 6) is 0.394. The Bertz CT molecular complexity index is 886. The third-order valence-electron chi connectivity index (χ3n) is 6.91. The molecule has 0 radical (unpaired) electrons. The molecular weight excluding hydrogens is 352 g/mol. The molecule has 3 atom stereocenters. The van der Waals surface area contributed by atoms with E-state index in [0.29, 0.717) is 12.0 Å². The van der Waals surface area contributed by atoms with Gasteiger partial charge in [0.2, 0.25) is 0 Å². The lowest BCUT2D eigenvalue weighted by atomic mass is 9.73. The van der Waals surface area contributed by atoms with Crippen molar-refractivity contribution < 1.29 is 9.90 Å². The standard InChI is InChI=1S/C22H32N4O2/c1-5-26(6-2)22(28)23-14-10-16-15-8-7-9-18-21(15)17(20(13-27)25(18)4)11-19(16)24(3)12-14/h7-9,14,16,19,27H,5-6,10-13H2,1-4H3,(H,23,28)/t14-,16?,19+/m0/s1. The fraction of sp³-hybridized carbons (Fsp3) is 0.591. The van der Waals surface area contributed by atoms with Crippen LogP contribution < -0.4 is 5.32 Å². The van der Waals surface area contributed by atoms with Crippen molar-refractivity contribution in [1.82, 2.24) is 19.7 Å². The van der Waals surface area contributed by atoms with Crippen molar-refractivity contribution >= 4 is 16.9 Å². The number of fused-ring (bicyclic) bond motifs is 2. The summed E-state index contributed by atoms with van der Waals surface area (Å²) in [4.78, 5) is 16.8. The van der Waals surface area contributed by atoms with Crippen LogP contribution in [0, 0.1) is 0 Å². The number of carbonyl (C=O) groups excluding carboxylic acids is 1. The van der Waals surface area contributed by atoms with Crippen LogP contribution in [0.5, 0.6) is 0 Å². The van der Waals surface area contributed by atoms with Gasteiger partial charge in [0.05, 0.1) is 6.61 Å². The van der Waals surface area contributed by atoms with Gasteiger partial charge < -0.3 is 24.8 Å². The second-order valence-corrected chi connectivity index (χ2v) is 8.26. The highest BCUT2D eigenvalue weighted by Crippen LogP contribution is 2.44. The molecule has 28 heavy (non-hydrogen) atoms. The van der Waals surface area contributed by atoms with E-state index in [1.54, 1.807) is 0 Å². The summed E-state index contributed by atoms with van der Waals surface area (Å²) < 4.78 is 2.14. The molecule has 0 spiro atoms. The molecule has 2 amide bonds. The third kappa shape index (κ3) is 2.90. The molecule has 2 aromatic rings. The van der Waals surface area contributed by atoms with Gasteiger partial charge >= 0.3 is 6.03 Å². The summed E-state index contributed by atoms with van der Waals surface area (Å²) in [6, 6.07) is 7.12. The monoisotopic (exact) mass is 384 g/mol. The van der Waals surface area contributed by atoms with Gasteiger partial charge in [-0.2, -0.15) is 0 Å². The first-order valence-corrected chi connectivity index (χ1v) is 10.5. The fourth-order valence-corrected chi connectivity index (χ4v) is 5.44. The van der Waals surface area contributed by atoms with Crippen LogP contribution in [0.4, 0.5) is 4.79 Å². The van der Waals surface area contributed by atoms with Crippen molar-refractivity contribution in [3.8, 4) is 0 Å². The van der Waals surface area contributed by atoms with Crippen LogP contribution in [0.25, 0.3) is 10.9 Å². The Kier molecular flexibility index (Phi) is 5.10. The molecule has 0 bridgehead atoms. The number of likely N-dealkylation sites (tertiary alicyclic amines) is 1. The molecule has 1 aromatic carbocycles. The number of aryl methyl sites for hydroxylation is 1. The highest BCUT2D eigenvalue weighted by atomic mass is 16.3. The maximum Gasteiger partial charge on any atom is 0.317 e. The number of aromatic nitrogens is 1. The lowest BCUT2D eigenvalue weighted by molar-refractivity contribution is 0.123. The number of amides is 2. The van der Waals surface area contributed by atoms with E-state index in [-0.39, 0.29) is 18.7 Å². The average molecular weight is 385 g/mol. The van der Waals surface area contributed by atoms with Gasteiger partial charge in [-0.1, -0.05) is 12.1 Å². The summed E-state index contributed by atoms with van der Waals surface area (Å²) in [6.45, 7) is 6.43. The molecule has 2 aliphatic rings. The van der Waals surface area contributed by atoms with Crippen molar-refractivity contribution in [1.29, 1.82) is 0 Å². The number of nitrogens with one attached hydrogen (secondary N) is 1. The van der Waals surface area contributed by atoms with Crippen molar-refractivity contribution in [2.24, 2.45) is 7.05 Å². The Hall–Kier alpha value is -2.05. The number of likely N-dealkylation sites (N-methyl/N-ethyl adjacent to an activating group) is 1. The van der Waals surface area contributed by atoms with Crippen LogP contribution in [0.1, 0.15) is 43.0 Å². The Labute approximate surface area is 167 Å². The normalized spacial score (nSPS) is 24.2. The van der Waals surface area contributed by atoms with Crippen LogP contribution in [0.2, 0.25) is 0 Å².